The van der Waals surface area contributed by atoms with E-state index in [4.69, 9.17) is 4.74 Å². The highest BCUT2D eigenvalue weighted by Crippen LogP contribution is 2.33. The Morgan fingerprint density at radius 1 is 1.45 bits per heavy atom. The van der Waals surface area contributed by atoms with Crippen LogP contribution >= 0.6 is 0 Å². The molecule has 22 heavy (non-hydrogen) atoms. The van der Waals surface area contributed by atoms with Crippen molar-refractivity contribution in [2.75, 3.05) is 24.7 Å². The molecular weight excluding hydrogens is 308 g/mol. The maximum absolute atomic E-state index is 12.4. The number of carbonyl (C=O) groups excluding carboxylic acids is 1. The van der Waals surface area contributed by atoms with Crippen LogP contribution in [0.1, 0.15) is 12.8 Å². The zero-order valence-corrected chi connectivity index (χ0v) is 13.0. The fourth-order valence-electron chi connectivity index (χ4n) is 3.06. The minimum absolute atomic E-state index is 0.157. The summed E-state index contributed by atoms with van der Waals surface area (Å²) >= 11 is 0. The first-order valence-electron chi connectivity index (χ1n) is 7.10. The Morgan fingerprint density at radius 3 is 2.95 bits per heavy atom. The first-order valence-corrected chi connectivity index (χ1v) is 8.95. The van der Waals surface area contributed by atoms with Gasteiger partial charge in [0.15, 0.2) is 5.82 Å². The molecule has 0 saturated carbocycles. The molecule has 2 aliphatic rings. The van der Waals surface area contributed by atoms with Crippen LogP contribution in [0.4, 0.5) is 5.82 Å². The minimum atomic E-state index is -3.37. The van der Waals surface area contributed by atoms with Crippen LogP contribution in [0.15, 0.2) is 18.6 Å². The zero-order chi connectivity index (χ0) is 15.7. The van der Waals surface area contributed by atoms with E-state index in [1.807, 2.05) is 0 Å². The number of aromatic nitrogens is 2. The van der Waals surface area contributed by atoms with E-state index < -0.39 is 15.9 Å². The molecule has 1 N–H and O–H groups in total. The van der Waals surface area contributed by atoms with Crippen LogP contribution in [0.25, 0.3) is 0 Å². The highest BCUT2D eigenvalue weighted by molar-refractivity contribution is 7.88. The number of sulfonamides is 1. The first kappa shape index (κ1) is 15.3. The van der Waals surface area contributed by atoms with Gasteiger partial charge in [0.05, 0.1) is 30.5 Å². The fourth-order valence-corrected chi connectivity index (χ4v) is 4.25. The van der Waals surface area contributed by atoms with Gasteiger partial charge >= 0.3 is 0 Å². The number of anilines is 1. The molecule has 1 amide bonds. The Bertz CT molecular complexity index is 651. The second-order valence-corrected chi connectivity index (χ2v) is 7.55. The van der Waals surface area contributed by atoms with E-state index in [0.29, 0.717) is 25.3 Å². The minimum Gasteiger partial charge on any atom is -0.376 e. The van der Waals surface area contributed by atoms with E-state index in [1.54, 1.807) is 0 Å². The maximum atomic E-state index is 12.4. The standard InChI is InChI=1S/C13H18N4O4S/c1-22(19,20)17-8-9(6-11-10(17)2-5-21-11)13(18)16-12-7-14-3-4-15-12/h3-4,7,9-11H,2,5-6,8H2,1H3,(H,15,16,18)/t9-,10-,11-/m1/s1. The number of hydrogen-bond acceptors (Lipinski definition) is 6. The summed E-state index contributed by atoms with van der Waals surface area (Å²) in [6.07, 6.45) is 6.59. The summed E-state index contributed by atoms with van der Waals surface area (Å²) in [5.74, 6) is -0.368. The quantitative estimate of drug-likeness (QED) is 0.829. The number of hydrogen-bond donors (Lipinski definition) is 1. The summed E-state index contributed by atoms with van der Waals surface area (Å²) in [5.41, 5.74) is 0. The molecule has 3 heterocycles. The first-order chi connectivity index (χ1) is 10.4. The van der Waals surface area contributed by atoms with Crippen LogP contribution in [-0.4, -0.2) is 60.2 Å². The van der Waals surface area contributed by atoms with E-state index in [9.17, 15) is 13.2 Å². The van der Waals surface area contributed by atoms with Gasteiger partial charge < -0.3 is 10.1 Å². The topological polar surface area (TPSA) is 101 Å². The van der Waals surface area contributed by atoms with Gasteiger partial charge in [-0.3, -0.25) is 9.78 Å². The van der Waals surface area contributed by atoms with Crippen molar-refractivity contribution in [1.82, 2.24) is 14.3 Å². The van der Waals surface area contributed by atoms with Crippen LogP contribution in [-0.2, 0) is 19.6 Å². The van der Waals surface area contributed by atoms with E-state index in [-0.39, 0.29) is 24.6 Å². The molecule has 3 rings (SSSR count). The molecule has 120 valence electrons. The number of piperidine rings is 1. The van der Waals surface area contributed by atoms with Crippen molar-refractivity contribution in [2.45, 2.75) is 25.0 Å². The molecule has 8 nitrogen and oxygen atoms in total. The Kier molecular flexibility index (Phi) is 4.11. The van der Waals surface area contributed by atoms with Gasteiger partial charge in [0.1, 0.15) is 0 Å². The third kappa shape index (κ3) is 3.11. The smallest absolute Gasteiger partial charge is 0.230 e. The third-order valence-electron chi connectivity index (χ3n) is 4.07. The molecule has 0 radical (unpaired) electrons. The molecule has 0 spiro atoms. The molecule has 3 atom stereocenters. The predicted octanol–water partition coefficient (Wildman–Crippen LogP) is -0.146. The lowest BCUT2D eigenvalue weighted by Crippen LogP contribution is -2.53. The van der Waals surface area contributed by atoms with Crippen molar-refractivity contribution in [3.63, 3.8) is 0 Å². The van der Waals surface area contributed by atoms with Crippen molar-refractivity contribution in [3.05, 3.63) is 18.6 Å². The normalized spacial score (nSPS) is 29.0. The number of carbonyl (C=O) groups is 1. The molecule has 0 unspecified atom stereocenters. The van der Waals surface area contributed by atoms with E-state index in [2.05, 4.69) is 15.3 Å². The molecular formula is C13H18N4O4S. The lowest BCUT2D eigenvalue weighted by molar-refractivity contribution is -0.122. The zero-order valence-electron chi connectivity index (χ0n) is 12.2. The Labute approximate surface area is 128 Å². The number of nitrogens with zero attached hydrogens (tertiary/aromatic N) is 3. The second-order valence-electron chi connectivity index (χ2n) is 5.61. The largest absolute Gasteiger partial charge is 0.376 e. The van der Waals surface area contributed by atoms with Gasteiger partial charge in [-0.25, -0.2) is 13.4 Å². The van der Waals surface area contributed by atoms with Crippen molar-refractivity contribution in [3.8, 4) is 0 Å². The number of amides is 1. The van der Waals surface area contributed by atoms with Gasteiger partial charge in [0.25, 0.3) is 0 Å². The van der Waals surface area contributed by atoms with Crippen molar-refractivity contribution in [2.24, 2.45) is 5.92 Å². The van der Waals surface area contributed by atoms with Crippen molar-refractivity contribution >= 4 is 21.7 Å². The highest BCUT2D eigenvalue weighted by Gasteiger charge is 2.45. The summed E-state index contributed by atoms with van der Waals surface area (Å²) in [4.78, 5) is 20.2. The van der Waals surface area contributed by atoms with Gasteiger partial charge in [-0.15, -0.1) is 0 Å². The van der Waals surface area contributed by atoms with Gasteiger partial charge in [-0.1, -0.05) is 0 Å². The molecule has 1 aromatic rings. The van der Waals surface area contributed by atoms with E-state index >= 15 is 0 Å². The molecule has 0 aromatic carbocycles. The summed E-state index contributed by atoms with van der Waals surface area (Å²) in [7, 11) is -3.37. The van der Waals surface area contributed by atoms with E-state index in [0.717, 1.165) is 0 Å². The maximum Gasteiger partial charge on any atom is 0.230 e. The Morgan fingerprint density at radius 2 is 2.27 bits per heavy atom. The van der Waals surface area contributed by atoms with Gasteiger partial charge in [0.2, 0.25) is 15.9 Å². The van der Waals surface area contributed by atoms with Crippen LogP contribution in [0.3, 0.4) is 0 Å². The van der Waals surface area contributed by atoms with Gasteiger partial charge in [-0.2, -0.15) is 4.31 Å². The molecule has 2 fully saturated rings. The Balaban J connectivity index is 1.75. The Hall–Kier alpha value is -1.58. The summed E-state index contributed by atoms with van der Waals surface area (Å²) < 4.78 is 30.9. The predicted molar refractivity (Wildman–Crippen MR) is 78.5 cm³/mol. The van der Waals surface area contributed by atoms with Gasteiger partial charge in [0, 0.05) is 25.5 Å². The lowest BCUT2D eigenvalue weighted by atomic mass is 9.91. The monoisotopic (exact) mass is 326 g/mol. The van der Waals surface area contributed by atoms with Gasteiger partial charge in [-0.05, 0) is 12.8 Å². The molecule has 2 saturated heterocycles. The number of rotatable bonds is 3. The molecule has 0 bridgehead atoms. The van der Waals surface area contributed by atoms with Crippen LogP contribution in [0.5, 0.6) is 0 Å². The summed E-state index contributed by atoms with van der Waals surface area (Å²) in [5, 5.41) is 2.67. The molecule has 1 aromatic heterocycles. The third-order valence-corrected chi connectivity index (χ3v) is 5.34. The SMILES string of the molecule is CS(=O)(=O)N1C[C@H](C(=O)Nc2cnccn2)C[C@H]2OCC[C@H]21. The second kappa shape index (κ2) is 5.90. The number of fused-ring (bicyclic) bond motifs is 1. The summed E-state index contributed by atoms with van der Waals surface area (Å²) in [6, 6.07) is -0.157. The van der Waals surface area contributed by atoms with Crippen molar-refractivity contribution in [1.29, 1.82) is 0 Å². The lowest BCUT2D eigenvalue weighted by Gasteiger charge is -2.38. The highest BCUT2D eigenvalue weighted by atomic mass is 32.2. The average Bonchev–Trinajstić information content (AvgIpc) is 2.94. The van der Waals surface area contributed by atoms with Crippen LogP contribution in [0, 0.1) is 5.92 Å². The number of ether oxygens (including phenoxy) is 1. The molecule has 9 heteroatoms. The number of nitrogens with one attached hydrogen (secondary N) is 1. The van der Waals surface area contributed by atoms with Crippen LogP contribution < -0.4 is 5.32 Å². The average molecular weight is 326 g/mol. The fraction of sp³-hybridized carbons (Fsp3) is 0.615. The van der Waals surface area contributed by atoms with E-state index in [1.165, 1.54) is 29.2 Å². The van der Waals surface area contributed by atoms with Crippen molar-refractivity contribution < 1.29 is 17.9 Å². The van der Waals surface area contributed by atoms with Crippen LogP contribution in [0.2, 0.25) is 0 Å². The summed E-state index contributed by atoms with van der Waals surface area (Å²) in [6.45, 7) is 0.704. The molecule has 0 aliphatic carbocycles. The molecule has 2 aliphatic heterocycles.